The fraction of sp³-hybridized carbons (Fsp3) is 0.308. The van der Waals surface area contributed by atoms with Gasteiger partial charge in [-0.1, -0.05) is 19.9 Å². The molecule has 18 heavy (non-hydrogen) atoms. The maximum Gasteiger partial charge on any atom is 0.499 e. The largest absolute Gasteiger partial charge is 0.499 e. The van der Waals surface area contributed by atoms with E-state index in [0.717, 1.165) is 22.1 Å². The van der Waals surface area contributed by atoms with Gasteiger partial charge in [-0.25, -0.2) is 0 Å². The Labute approximate surface area is 110 Å². The second kappa shape index (κ2) is 5.11. The summed E-state index contributed by atoms with van der Waals surface area (Å²) >= 11 is 1.26. The van der Waals surface area contributed by atoms with Gasteiger partial charge in [0.2, 0.25) is 0 Å². The quantitative estimate of drug-likeness (QED) is 0.824. The van der Waals surface area contributed by atoms with Gasteiger partial charge < -0.3 is 10.0 Å². The Morgan fingerprint density at radius 1 is 1.33 bits per heavy atom. The number of nitriles is 1. The van der Waals surface area contributed by atoms with Crippen molar-refractivity contribution in [2.75, 3.05) is 0 Å². The van der Waals surface area contributed by atoms with Gasteiger partial charge in [-0.2, -0.15) is 5.26 Å². The minimum absolute atomic E-state index is 0.475. The molecule has 0 aliphatic heterocycles. The monoisotopic (exact) mass is 259 g/mol. The highest BCUT2D eigenvalue weighted by Crippen LogP contribution is 2.26. The lowest BCUT2D eigenvalue weighted by Gasteiger charge is -2.05. The van der Waals surface area contributed by atoms with E-state index in [2.05, 4.69) is 19.9 Å². The summed E-state index contributed by atoms with van der Waals surface area (Å²) in [6.45, 7) is 4.26. The molecule has 0 atom stereocenters. The lowest BCUT2D eigenvalue weighted by molar-refractivity contribution is 0.427. The van der Waals surface area contributed by atoms with Crippen molar-refractivity contribution in [1.82, 2.24) is 0 Å². The first-order valence-corrected chi connectivity index (χ1v) is 6.65. The zero-order valence-electron chi connectivity index (χ0n) is 10.3. The van der Waals surface area contributed by atoms with Gasteiger partial charge in [-0.05, 0) is 35.4 Å². The van der Waals surface area contributed by atoms with Crippen molar-refractivity contribution in [2.45, 2.75) is 20.3 Å². The maximum atomic E-state index is 9.19. The minimum atomic E-state index is -1.47. The van der Waals surface area contributed by atoms with Crippen LogP contribution in [0.5, 0.6) is 0 Å². The molecule has 0 spiro atoms. The van der Waals surface area contributed by atoms with E-state index in [0.29, 0.717) is 16.3 Å². The van der Waals surface area contributed by atoms with Crippen LogP contribution in [0.1, 0.15) is 25.0 Å². The van der Waals surface area contributed by atoms with Crippen LogP contribution >= 0.6 is 11.3 Å². The van der Waals surface area contributed by atoms with Gasteiger partial charge in [0.15, 0.2) is 0 Å². The fourth-order valence-electron chi connectivity index (χ4n) is 2.03. The van der Waals surface area contributed by atoms with Crippen molar-refractivity contribution in [3.05, 3.63) is 29.3 Å². The van der Waals surface area contributed by atoms with E-state index in [1.54, 1.807) is 6.07 Å². The predicted octanol–water partition coefficient (Wildman–Crippen LogP) is 1.65. The molecule has 0 bridgehead atoms. The molecule has 2 N–H and O–H groups in total. The smallest absolute Gasteiger partial charge is 0.423 e. The molecule has 2 rings (SSSR count). The molecule has 2 aromatic rings. The zero-order chi connectivity index (χ0) is 13.3. The summed E-state index contributed by atoms with van der Waals surface area (Å²) < 4.78 is 1.30. The third-order valence-corrected chi connectivity index (χ3v) is 3.94. The van der Waals surface area contributed by atoms with E-state index >= 15 is 0 Å². The summed E-state index contributed by atoms with van der Waals surface area (Å²) in [7, 11) is -1.47. The van der Waals surface area contributed by atoms with Gasteiger partial charge in [-0.15, -0.1) is 11.3 Å². The molecule has 5 heteroatoms. The Bertz CT molecular complexity index is 613. The summed E-state index contributed by atoms with van der Waals surface area (Å²) in [5, 5.41) is 28.5. The second-order valence-electron chi connectivity index (χ2n) is 4.79. The Hall–Kier alpha value is -1.35. The Kier molecular flexibility index (Phi) is 3.72. The van der Waals surface area contributed by atoms with Crippen LogP contribution in [0.15, 0.2) is 18.2 Å². The molecule has 0 amide bonds. The third-order valence-electron chi connectivity index (χ3n) is 2.71. The number of hydrogen-bond acceptors (Lipinski definition) is 4. The maximum absolute atomic E-state index is 9.19. The van der Waals surface area contributed by atoms with Crippen LogP contribution in [-0.2, 0) is 6.42 Å². The summed E-state index contributed by atoms with van der Waals surface area (Å²) in [5.41, 5.74) is 1.73. The van der Waals surface area contributed by atoms with E-state index in [-0.39, 0.29) is 0 Å². The van der Waals surface area contributed by atoms with Crippen molar-refractivity contribution in [3.63, 3.8) is 0 Å². The first-order valence-electron chi connectivity index (χ1n) is 5.84. The highest BCUT2D eigenvalue weighted by atomic mass is 32.1. The van der Waals surface area contributed by atoms with Crippen molar-refractivity contribution >= 4 is 33.3 Å². The standard InChI is InChI=1S/C13H14BNO2S/c1-8(2)3-9-4-10-6-12(14(16)17)18-13(10)11(5-9)7-15/h4-6,8,16-17H,3H2,1-2H3. The SMILES string of the molecule is CC(C)Cc1cc(C#N)c2sc(B(O)O)cc2c1. The van der Waals surface area contributed by atoms with Crippen molar-refractivity contribution in [3.8, 4) is 6.07 Å². The summed E-state index contributed by atoms with van der Waals surface area (Å²) in [4.78, 5) is 0. The second-order valence-corrected chi connectivity index (χ2v) is 5.88. The van der Waals surface area contributed by atoms with Crippen LogP contribution in [0.4, 0.5) is 0 Å². The summed E-state index contributed by atoms with van der Waals surface area (Å²) in [5.74, 6) is 0.524. The molecule has 1 heterocycles. The lowest BCUT2D eigenvalue weighted by Crippen LogP contribution is -2.26. The van der Waals surface area contributed by atoms with Crippen LogP contribution in [0.3, 0.4) is 0 Å². The van der Waals surface area contributed by atoms with Gasteiger partial charge in [0.05, 0.1) is 10.3 Å². The molecule has 3 nitrogen and oxygen atoms in total. The number of thiophene rings is 1. The first-order chi connectivity index (χ1) is 8.51. The molecule has 1 aromatic heterocycles. The van der Waals surface area contributed by atoms with E-state index in [1.165, 1.54) is 11.3 Å². The molecule has 0 aliphatic carbocycles. The lowest BCUT2D eigenvalue weighted by atomic mass is 9.89. The number of fused-ring (bicyclic) bond motifs is 1. The van der Waals surface area contributed by atoms with Crippen molar-refractivity contribution in [2.24, 2.45) is 5.92 Å². The molecule has 92 valence electrons. The molecule has 1 aromatic carbocycles. The fourth-order valence-corrected chi connectivity index (χ4v) is 3.01. The van der Waals surface area contributed by atoms with Crippen LogP contribution in [-0.4, -0.2) is 17.2 Å². The van der Waals surface area contributed by atoms with Gasteiger partial charge in [0, 0.05) is 4.78 Å². The topological polar surface area (TPSA) is 64.2 Å². The number of rotatable bonds is 3. The molecular weight excluding hydrogens is 245 g/mol. The van der Waals surface area contributed by atoms with Crippen LogP contribution in [0, 0.1) is 17.2 Å². The van der Waals surface area contributed by atoms with Gasteiger partial charge >= 0.3 is 7.12 Å². The van der Waals surface area contributed by atoms with Crippen molar-refractivity contribution in [1.29, 1.82) is 5.26 Å². The van der Waals surface area contributed by atoms with Crippen LogP contribution < -0.4 is 4.78 Å². The highest BCUT2D eigenvalue weighted by molar-refractivity contribution is 7.28. The molecular formula is C13H14BNO2S. The minimum Gasteiger partial charge on any atom is -0.423 e. The molecule has 0 aliphatic rings. The Morgan fingerprint density at radius 3 is 2.61 bits per heavy atom. The average molecular weight is 259 g/mol. The van der Waals surface area contributed by atoms with Crippen LogP contribution in [0.2, 0.25) is 0 Å². The third kappa shape index (κ3) is 2.56. The normalized spacial score (nSPS) is 10.9. The van der Waals surface area contributed by atoms with Gasteiger partial charge in [0.1, 0.15) is 6.07 Å². The molecule has 0 radical (unpaired) electrons. The molecule has 0 saturated carbocycles. The van der Waals surface area contributed by atoms with Crippen molar-refractivity contribution < 1.29 is 10.0 Å². The van der Waals surface area contributed by atoms with E-state index in [1.807, 2.05) is 12.1 Å². The average Bonchev–Trinajstić information content (AvgIpc) is 2.70. The van der Waals surface area contributed by atoms with E-state index < -0.39 is 7.12 Å². The summed E-state index contributed by atoms with van der Waals surface area (Å²) in [6, 6.07) is 7.85. The van der Waals surface area contributed by atoms with Gasteiger partial charge in [0.25, 0.3) is 0 Å². The van der Waals surface area contributed by atoms with E-state index in [9.17, 15) is 15.3 Å². The highest BCUT2D eigenvalue weighted by Gasteiger charge is 2.17. The first kappa shape index (κ1) is 13.1. The molecule has 0 saturated heterocycles. The Morgan fingerprint density at radius 2 is 2.06 bits per heavy atom. The summed E-state index contributed by atoms with van der Waals surface area (Å²) in [6.07, 6.45) is 0.914. The number of benzene rings is 1. The zero-order valence-corrected chi connectivity index (χ0v) is 11.2. The number of hydrogen-bond donors (Lipinski definition) is 2. The predicted molar refractivity (Wildman–Crippen MR) is 74.9 cm³/mol. The molecule has 0 fully saturated rings. The molecule has 0 unspecified atom stereocenters. The number of nitrogens with zero attached hydrogens (tertiary/aromatic N) is 1. The van der Waals surface area contributed by atoms with Crippen LogP contribution in [0.25, 0.3) is 10.1 Å². The Balaban J connectivity index is 2.57. The van der Waals surface area contributed by atoms with E-state index in [4.69, 9.17) is 0 Å². The van der Waals surface area contributed by atoms with Gasteiger partial charge in [-0.3, -0.25) is 0 Å².